The average molecular weight is 502 g/mol. The minimum absolute atomic E-state index is 0.0503. The van der Waals surface area contributed by atoms with E-state index in [1.165, 1.54) is 11.8 Å². The smallest absolute Gasteiger partial charge is 0.410 e. The minimum atomic E-state index is -0.505. The van der Waals surface area contributed by atoms with Crippen LogP contribution in [0.15, 0.2) is 22.3 Å². The van der Waals surface area contributed by atoms with Crippen LogP contribution in [0.5, 0.6) is 0 Å². The van der Waals surface area contributed by atoms with Crippen molar-refractivity contribution in [3.63, 3.8) is 0 Å². The van der Waals surface area contributed by atoms with E-state index in [1.807, 2.05) is 33.2 Å². The molecule has 3 heterocycles. The summed E-state index contributed by atoms with van der Waals surface area (Å²) in [5, 5.41) is 1.19. The molecule has 0 N–H and O–H groups in total. The van der Waals surface area contributed by atoms with Gasteiger partial charge in [0.25, 0.3) is 5.56 Å². The fourth-order valence-corrected chi connectivity index (χ4v) is 4.16. The van der Waals surface area contributed by atoms with Gasteiger partial charge >= 0.3 is 6.09 Å². The number of fused-ring (bicyclic) bond motifs is 1. The number of likely N-dealkylation sites (tertiary alicyclic amines) is 1. The van der Waals surface area contributed by atoms with Crippen LogP contribution < -0.4 is 5.56 Å². The highest BCUT2D eigenvalue weighted by molar-refractivity contribution is 14.1. The van der Waals surface area contributed by atoms with Gasteiger partial charge in [-0.05, 0) is 62.5 Å². The van der Waals surface area contributed by atoms with E-state index in [9.17, 15) is 9.59 Å². The Morgan fingerprint density at radius 3 is 2.59 bits per heavy atom. The number of hydrogen-bond donors (Lipinski definition) is 0. The molecule has 3 rings (SSSR count). The molecule has 0 aliphatic carbocycles. The Bertz CT molecular complexity index is 917. The first kappa shape index (κ1) is 20.4. The lowest BCUT2D eigenvalue weighted by Gasteiger charge is -2.34. The molecule has 0 aromatic carbocycles. The van der Waals surface area contributed by atoms with Gasteiger partial charge in [0.1, 0.15) is 5.60 Å². The van der Waals surface area contributed by atoms with Crippen LogP contribution in [0.2, 0.25) is 0 Å². The largest absolute Gasteiger partial charge is 0.444 e. The van der Waals surface area contributed by atoms with E-state index in [0.29, 0.717) is 42.0 Å². The van der Waals surface area contributed by atoms with E-state index in [1.54, 1.807) is 15.7 Å². The summed E-state index contributed by atoms with van der Waals surface area (Å²) in [6.45, 7) is 6.72. The monoisotopic (exact) mass is 502 g/mol. The van der Waals surface area contributed by atoms with Crippen LogP contribution in [0.1, 0.15) is 39.7 Å². The summed E-state index contributed by atoms with van der Waals surface area (Å²) in [7, 11) is 0. The Labute approximate surface area is 176 Å². The summed E-state index contributed by atoms with van der Waals surface area (Å²) in [5.74, 6) is 0. The number of ether oxygens (including phenoxy) is 1. The molecule has 7 nitrogen and oxygen atoms in total. The molecule has 0 atom stereocenters. The van der Waals surface area contributed by atoms with Crippen molar-refractivity contribution in [1.29, 1.82) is 0 Å². The van der Waals surface area contributed by atoms with Crippen LogP contribution in [0.25, 0.3) is 10.9 Å². The highest BCUT2D eigenvalue weighted by atomic mass is 127. The summed E-state index contributed by atoms with van der Waals surface area (Å²) < 4.78 is 8.14. The maximum Gasteiger partial charge on any atom is 0.410 e. The van der Waals surface area contributed by atoms with Gasteiger partial charge in [0.15, 0.2) is 5.16 Å². The van der Waals surface area contributed by atoms with E-state index in [4.69, 9.17) is 4.74 Å². The van der Waals surface area contributed by atoms with Crippen molar-refractivity contribution in [1.82, 2.24) is 19.4 Å². The fourth-order valence-electron chi connectivity index (χ4n) is 3.11. The van der Waals surface area contributed by atoms with Crippen molar-refractivity contribution in [3.8, 4) is 0 Å². The lowest BCUT2D eigenvalue weighted by Crippen LogP contribution is -2.43. The van der Waals surface area contributed by atoms with Gasteiger partial charge in [0.05, 0.1) is 14.5 Å². The molecule has 146 valence electrons. The van der Waals surface area contributed by atoms with Crippen molar-refractivity contribution in [2.75, 3.05) is 19.3 Å². The van der Waals surface area contributed by atoms with Crippen LogP contribution in [0.4, 0.5) is 4.79 Å². The zero-order valence-electron chi connectivity index (χ0n) is 15.9. The topological polar surface area (TPSA) is 77.3 Å². The predicted octanol–water partition coefficient (Wildman–Crippen LogP) is 3.69. The Hall–Kier alpha value is -1.36. The van der Waals surface area contributed by atoms with Crippen LogP contribution in [0, 0.1) is 3.57 Å². The van der Waals surface area contributed by atoms with Crippen LogP contribution in [-0.2, 0) is 4.74 Å². The van der Waals surface area contributed by atoms with Gasteiger partial charge in [0, 0.05) is 31.5 Å². The third-order valence-corrected chi connectivity index (χ3v) is 5.75. The van der Waals surface area contributed by atoms with Crippen LogP contribution in [-0.4, -0.2) is 50.5 Å². The van der Waals surface area contributed by atoms with Crippen molar-refractivity contribution in [2.24, 2.45) is 0 Å². The summed E-state index contributed by atoms with van der Waals surface area (Å²) in [4.78, 5) is 35.6. The molecular weight excluding hydrogens is 479 g/mol. The van der Waals surface area contributed by atoms with Gasteiger partial charge < -0.3 is 14.2 Å². The predicted molar refractivity (Wildman–Crippen MR) is 114 cm³/mol. The second-order valence-electron chi connectivity index (χ2n) is 7.51. The molecule has 1 saturated heterocycles. The first-order valence-corrected chi connectivity index (χ1v) is 11.1. The lowest BCUT2D eigenvalue weighted by molar-refractivity contribution is 0.0187. The molecule has 0 spiro atoms. The normalized spacial score (nSPS) is 16.0. The van der Waals surface area contributed by atoms with Crippen LogP contribution in [0.3, 0.4) is 0 Å². The molecular formula is C18H23IN4O3S. The van der Waals surface area contributed by atoms with Crippen molar-refractivity contribution in [2.45, 2.75) is 50.4 Å². The van der Waals surface area contributed by atoms with Crippen LogP contribution >= 0.6 is 34.4 Å². The summed E-state index contributed by atoms with van der Waals surface area (Å²) >= 11 is 3.67. The zero-order valence-corrected chi connectivity index (χ0v) is 18.8. The molecule has 9 heteroatoms. The molecule has 0 unspecified atom stereocenters. The highest BCUT2D eigenvalue weighted by Gasteiger charge is 2.28. The number of piperidine rings is 1. The van der Waals surface area contributed by atoms with Gasteiger partial charge in [-0.1, -0.05) is 11.8 Å². The maximum atomic E-state index is 13.0. The molecule has 2 aromatic heterocycles. The summed E-state index contributed by atoms with van der Waals surface area (Å²) in [5.41, 5.74) is 0.116. The Kier molecular flexibility index (Phi) is 5.99. The molecule has 27 heavy (non-hydrogen) atoms. The Balaban J connectivity index is 1.80. The first-order chi connectivity index (χ1) is 12.7. The second kappa shape index (κ2) is 7.94. The third kappa shape index (κ3) is 4.56. The number of hydrogen-bond acceptors (Lipinski definition) is 6. The number of pyridine rings is 1. The number of nitrogens with zero attached hydrogens (tertiary/aromatic N) is 4. The quantitative estimate of drug-likeness (QED) is 0.354. The molecule has 1 amide bonds. The molecule has 1 aliphatic heterocycles. The van der Waals surface area contributed by atoms with Crippen molar-refractivity contribution < 1.29 is 9.53 Å². The SMILES string of the molecule is CSc1ncc2c(=O)n(C3CCN(C(=O)OC(C)(C)C)CC3)cc(I)c2n1. The summed E-state index contributed by atoms with van der Waals surface area (Å²) in [6, 6.07) is 0.0503. The standard InChI is InChI=1S/C18H23IN4O3S/c1-18(2,3)26-17(25)22-7-5-11(6-8-22)23-10-13(19)14-12(15(23)24)9-20-16(21-14)27-4/h9-11H,5-8H2,1-4H3. The van der Waals surface area contributed by atoms with Gasteiger partial charge in [-0.25, -0.2) is 14.8 Å². The van der Waals surface area contributed by atoms with Gasteiger partial charge in [-0.2, -0.15) is 0 Å². The van der Waals surface area contributed by atoms with Crippen molar-refractivity contribution in [3.05, 3.63) is 26.3 Å². The van der Waals surface area contributed by atoms with Gasteiger partial charge in [-0.3, -0.25) is 4.79 Å². The first-order valence-electron chi connectivity index (χ1n) is 8.79. The number of rotatable bonds is 2. The molecule has 2 aromatic rings. The molecule has 1 aliphatic rings. The maximum absolute atomic E-state index is 13.0. The number of carbonyl (C=O) groups is 1. The third-order valence-electron chi connectivity index (χ3n) is 4.40. The molecule has 0 bridgehead atoms. The van der Waals surface area contributed by atoms with E-state index < -0.39 is 5.60 Å². The van der Waals surface area contributed by atoms with E-state index >= 15 is 0 Å². The number of halogens is 1. The highest BCUT2D eigenvalue weighted by Crippen LogP contribution is 2.25. The lowest BCUT2D eigenvalue weighted by atomic mass is 10.0. The number of aromatic nitrogens is 3. The summed E-state index contributed by atoms with van der Waals surface area (Å²) in [6.07, 6.45) is 6.53. The fraction of sp³-hybridized carbons (Fsp3) is 0.556. The Morgan fingerprint density at radius 2 is 2.00 bits per heavy atom. The van der Waals surface area contributed by atoms with Crippen molar-refractivity contribution >= 4 is 51.3 Å². The van der Waals surface area contributed by atoms with E-state index in [0.717, 1.165) is 3.57 Å². The van der Waals surface area contributed by atoms with Gasteiger partial charge in [-0.15, -0.1) is 0 Å². The number of thioether (sulfide) groups is 1. The number of amides is 1. The zero-order chi connectivity index (χ0) is 19.8. The minimum Gasteiger partial charge on any atom is -0.444 e. The average Bonchev–Trinajstić information content (AvgIpc) is 2.63. The van der Waals surface area contributed by atoms with E-state index in [-0.39, 0.29) is 17.7 Å². The van der Waals surface area contributed by atoms with Gasteiger partial charge in [0.2, 0.25) is 0 Å². The van der Waals surface area contributed by atoms with E-state index in [2.05, 4.69) is 32.6 Å². The molecule has 1 fully saturated rings. The second-order valence-corrected chi connectivity index (χ2v) is 9.44. The molecule has 0 radical (unpaired) electrons. The molecule has 0 saturated carbocycles. The number of carbonyl (C=O) groups excluding carboxylic acids is 1. The Morgan fingerprint density at radius 1 is 1.33 bits per heavy atom.